The molecular weight excluding hydrogens is 305 g/mol. The van der Waals surface area contributed by atoms with E-state index in [1.165, 1.54) is 0 Å². The van der Waals surface area contributed by atoms with Crippen molar-refractivity contribution in [1.29, 1.82) is 0 Å². The van der Waals surface area contributed by atoms with Crippen LogP contribution in [0.15, 0.2) is 30.3 Å². The number of nitrogens with zero attached hydrogens (tertiary/aromatic N) is 1. The Morgan fingerprint density at radius 3 is 2.58 bits per heavy atom. The third-order valence-electron chi connectivity index (χ3n) is 2.76. The summed E-state index contributed by atoms with van der Waals surface area (Å²) in [5.74, 6) is 0.608. The van der Waals surface area contributed by atoms with Gasteiger partial charge < -0.3 is 10.7 Å². The number of nitrogens with two attached hydrogens (primary N) is 1. The van der Waals surface area contributed by atoms with Gasteiger partial charge in [-0.2, -0.15) is 0 Å². The Morgan fingerprint density at radius 2 is 1.79 bits per heavy atom. The van der Waals surface area contributed by atoms with Gasteiger partial charge in [-0.15, -0.1) is 0 Å². The Labute approximate surface area is 124 Å². The van der Waals surface area contributed by atoms with Crippen LogP contribution in [-0.4, -0.2) is 9.97 Å². The number of anilines is 1. The average molecular weight is 313 g/mol. The minimum absolute atomic E-state index is 0.517. The molecule has 0 bridgehead atoms. The molecule has 3 N–H and O–H groups in total. The van der Waals surface area contributed by atoms with E-state index in [4.69, 9.17) is 40.5 Å². The molecule has 0 aliphatic carbocycles. The van der Waals surface area contributed by atoms with E-state index in [9.17, 15) is 0 Å². The van der Waals surface area contributed by atoms with Gasteiger partial charge in [0.1, 0.15) is 11.3 Å². The second-order valence-electron chi connectivity index (χ2n) is 4.10. The molecule has 6 heteroatoms. The van der Waals surface area contributed by atoms with Crippen LogP contribution in [0.3, 0.4) is 0 Å². The summed E-state index contributed by atoms with van der Waals surface area (Å²) < 4.78 is 0. The molecule has 1 heterocycles. The topological polar surface area (TPSA) is 54.7 Å². The summed E-state index contributed by atoms with van der Waals surface area (Å²) in [7, 11) is 0. The van der Waals surface area contributed by atoms with E-state index in [-0.39, 0.29) is 0 Å². The first kappa shape index (κ1) is 12.6. The number of hydrogen-bond donors (Lipinski definition) is 2. The fraction of sp³-hybridized carbons (Fsp3) is 0. The lowest BCUT2D eigenvalue weighted by atomic mass is 10.2. The number of rotatable bonds is 1. The van der Waals surface area contributed by atoms with Crippen molar-refractivity contribution < 1.29 is 0 Å². The first-order chi connectivity index (χ1) is 9.04. The molecule has 3 aromatic rings. The van der Waals surface area contributed by atoms with Gasteiger partial charge in [-0.3, -0.25) is 0 Å². The lowest BCUT2D eigenvalue weighted by Crippen LogP contribution is -1.86. The maximum Gasteiger partial charge on any atom is 0.140 e. The second-order valence-corrected chi connectivity index (χ2v) is 5.38. The highest BCUT2D eigenvalue weighted by Gasteiger charge is 2.12. The van der Waals surface area contributed by atoms with Gasteiger partial charge in [0.2, 0.25) is 0 Å². The lowest BCUT2D eigenvalue weighted by molar-refractivity contribution is 1.34. The summed E-state index contributed by atoms with van der Waals surface area (Å²) in [6.45, 7) is 0. The molecule has 0 saturated heterocycles. The molecule has 19 heavy (non-hydrogen) atoms. The van der Waals surface area contributed by atoms with Crippen LogP contribution < -0.4 is 5.73 Å². The Balaban J connectivity index is 2.26. The van der Waals surface area contributed by atoms with Gasteiger partial charge >= 0.3 is 0 Å². The van der Waals surface area contributed by atoms with Crippen LogP contribution in [-0.2, 0) is 0 Å². The number of hydrogen-bond acceptors (Lipinski definition) is 2. The van der Waals surface area contributed by atoms with Crippen molar-refractivity contribution in [3.8, 4) is 11.4 Å². The zero-order valence-corrected chi connectivity index (χ0v) is 11.8. The van der Waals surface area contributed by atoms with E-state index in [0.29, 0.717) is 32.1 Å². The first-order valence-electron chi connectivity index (χ1n) is 5.45. The van der Waals surface area contributed by atoms with Gasteiger partial charge in [0.25, 0.3) is 0 Å². The number of imidazole rings is 1. The van der Waals surface area contributed by atoms with Crippen LogP contribution in [0.1, 0.15) is 0 Å². The van der Waals surface area contributed by atoms with Gasteiger partial charge in [-0.1, -0.05) is 34.8 Å². The van der Waals surface area contributed by atoms with Crippen molar-refractivity contribution in [2.24, 2.45) is 0 Å². The molecule has 0 aliphatic rings. The number of fused-ring (bicyclic) bond motifs is 1. The van der Waals surface area contributed by atoms with Crippen LogP contribution in [0.2, 0.25) is 15.1 Å². The summed E-state index contributed by atoms with van der Waals surface area (Å²) >= 11 is 18.1. The number of nitrogen functional groups attached to an aromatic ring is 1. The molecule has 0 radical (unpaired) electrons. The Hall–Kier alpha value is -1.42. The van der Waals surface area contributed by atoms with Crippen molar-refractivity contribution in [2.75, 3.05) is 5.73 Å². The largest absolute Gasteiger partial charge is 0.397 e. The Bertz CT molecular complexity index is 780. The normalized spacial score (nSPS) is 11.1. The van der Waals surface area contributed by atoms with Crippen molar-refractivity contribution in [3.05, 3.63) is 45.4 Å². The number of nitrogens with one attached hydrogen (secondary N) is 1. The summed E-state index contributed by atoms with van der Waals surface area (Å²) in [6, 6.07) is 8.62. The number of H-pyrrole nitrogens is 1. The first-order valence-corrected chi connectivity index (χ1v) is 6.58. The zero-order valence-electron chi connectivity index (χ0n) is 9.55. The molecule has 0 atom stereocenters. The molecule has 0 saturated carbocycles. The summed E-state index contributed by atoms with van der Waals surface area (Å²) in [4.78, 5) is 7.59. The predicted molar refractivity (Wildman–Crippen MR) is 81.0 cm³/mol. The number of halogens is 3. The molecular formula is C13H8Cl3N3. The van der Waals surface area contributed by atoms with Crippen LogP contribution in [0.4, 0.5) is 5.69 Å². The molecule has 2 aromatic carbocycles. The predicted octanol–water partition coefficient (Wildman–Crippen LogP) is 4.77. The molecule has 0 fully saturated rings. The molecule has 3 rings (SSSR count). The van der Waals surface area contributed by atoms with E-state index in [1.807, 2.05) is 0 Å². The zero-order chi connectivity index (χ0) is 13.6. The second kappa shape index (κ2) is 4.60. The van der Waals surface area contributed by atoms with Gasteiger partial charge in [0.15, 0.2) is 0 Å². The molecule has 0 unspecified atom stereocenters. The van der Waals surface area contributed by atoms with Crippen molar-refractivity contribution in [1.82, 2.24) is 9.97 Å². The minimum Gasteiger partial charge on any atom is -0.397 e. The quantitative estimate of drug-likeness (QED) is 0.636. The number of benzene rings is 2. The highest BCUT2D eigenvalue weighted by molar-refractivity contribution is 6.35. The molecule has 0 spiro atoms. The summed E-state index contributed by atoms with van der Waals surface area (Å²) in [6.07, 6.45) is 0. The van der Waals surface area contributed by atoms with E-state index < -0.39 is 0 Å². The van der Waals surface area contributed by atoms with Gasteiger partial charge in [-0.25, -0.2) is 4.98 Å². The fourth-order valence-electron chi connectivity index (χ4n) is 1.91. The molecule has 0 amide bonds. The standard InChI is InChI=1S/C13H8Cl3N3/c14-6-1-2-9(16)8(3-6)13-18-11-5-7(15)4-10(17)12(11)19-13/h1-5H,17H2,(H,18,19). The maximum absolute atomic E-state index is 6.15. The van der Waals surface area contributed by atoms with Crippen molar-refractivity contribution >= 4 is 51.5 Å². The van der Waals surface area contributed by atoms with Crippen LogP contribution in [0.5, 0.6) is 0 Å². The van der Waals surface area contributed by atoms with Gasteiger partial charge in [-0.05, 0) is 30.3 Å². The van der Waals surface area contributed by atoms with Crippen LogP contribution in [0.25, 0.3) is 22.4 Å². The summed E-state index contributed by atoms with van der Waals surface area (Å²) in [5, 5.41) is 1.70. The monoisotopic (exact) mass is 311 g/mol. The van der Waals surface area contributed by atoms with Gasteiger partial charge in [0.05, 0.1) is 16.2 Å². The van der Waals surface area contributed by atoms with Crippen LogP contribution >= 0.6 is 34.8 Å². The highest BCUT2D eigenvalue weighted by atomic mass is 35.5. The summed E-state index contributed by atoms with van der Waals surface area (Å²) in [5.41, 5.74) is 8.55. The molecule has 0 aliphatic heterocycles. The SMILES string of the molecule is Nc1cc(Cl)cc2[nH]c(-c3cc(Cl)ccc3Cl)nc12. The highest BCUT2D eigenvalue weighted by Crippen LogP contribution is 2.32. The van der Waals surface area contributed by atoms with Crippen molar-refractivity contribution in [2.45, 2.75) is 0 Å². The van der Waals surface area contributed by atoms with Gasteiger partial charge in [0, 0.05) is 15.6 Å². The third kappa shape index (κ3) is 2.25. The Kier molecular flexibility index (Phi) is 3.05. The van der Waals surface area contributed by atoms with E-state index in [0.717, 1.165) is 11.1 Å². The van der Waals surface area contributed by atoms with E-state index >= 15 is 0 Å². The van der Waals surface area contributed by atoms with E-state index in [2.05, 4.69) is 9.97 Å². The molecule has 1 aromatic heterocycles. The maximum atomic E-state index is 6.15. The molecule has 3 nitrogen and oxygen atoms in total. The average Bonchev–Trinajstić information content (AvgIpc) is 2.76. The molecule has 96 valence electrons. The fourth-order valence-corrected chi connectivity index (χ4v) is 2.52. The van der Waals surface area contributed by atoms with Crippen molar-refractivity contribution in [3.63, 3.8) is 0 Å². The number of aromatic nitrogens is 2. The lowest BCUT2D eigenvalue weighted by Gasteiger charge is -2.00. The smallest absolute Gasteiger partial charge is 0.140 e. The minimum atomic E-state index is 0.517. The van der Waals surface area contributed by atoms with Crippen LogP contribution in [0, 0.1) is 0 Å². The Morgan fingerprint density at radius 1 is 1.00 bits per heavy atom. The third-order valence-corrected chi connectivity index (χ3v) is 3.55. The number of aromatic amines is 1. The van der Waals surface area contributed by atoms with E-state index in [1.54, 1.807) is 30.3 Å².